The number of aromatic nitrogens is 2. The third kappa shape index (κ3) is 8.15. The molecular weight excluding hydrogens is 431 g/mol. The van der Waals surface area contributed by atoms with Crippen LogP contribution in [0.25, 0.3) is 0 Å². The summed E-state index contributed by atoms with van der Waals surface area (Å²) in [6.07, 6.45) is -4.36. The van der Waals surface area contributed by atoms with E-state index in [-0.39, 0.29) is 29.2 Å². The monoisotopic (exact) mass is 449 g/mol. The summed E-state index contributed by atoms with van der Waals surface area (Å²) in [7, 11) is 2.99. The van der Waals surface area contributed by atoms with Crippen molar-refractivity contribution in [2.75, 3.05) is 43.6 Å². The molecule has 0 aliphatic rings. The van der Waals surface area contributed by atoms with Gasteiger partial charge in [-0.15, -0.1) is 10.2 Å². The molecule has 0 saturated heterocycles. The Balaban J connectivity index is 1.77. The molecular formula is C16H18F3N5O3S2. The van der Waals surface area contributed by atoms with Crippen molar-refractivity contribution in [2.45, 2.75) is 10.5 Å². The second-order valence-electron chi connectivity index (χ2n) is 5.66. The lowest BCUT2D eigenvalue weighted by Gasteiger charge is -2.16. The Bertz CT molecular complexity index is 847. The molecule has 0 bridgehead atoms. The van der Waals surface area contributed by atoms with E-state index < -0.39 is 12.7 Å². The molecule has 0 aliphatic carbocycles. The molecule has 2 amide bonds. The van der Waals surface area contributed by atoms with Crippen molar-refractivity contribution < 1.29 is 27.5 Å². The predicted octanol–water partition coefficient (Wildman–Crippen LogP) is 2.71. The number of benzene rings is 1. The number of thioether (sulfide) groups is 1. The van der Waals surface area contributed by atoms with Gasteiger partial charge in [-0.2, -0.15) is 13.2 Å². The summed E-state index contributed by atoms with van der Waals surface area (Å²) < 4.78 is 41.9. The minimum atomic E-state index is -4.36. The van der Waals surface area contributed by atoms with Gasteiger partial charge in [0.05, 0.1) is 19.4 Å². The van der Waals surface area contributed by atoms with E-state index in [1.54, 1.807) is 24.3 Å². The van der Waals surface area contributed by atoms with Gasteiger partial charge in [0.25, 0.3) is 0 Å². The summed E-state index contributed by atoms with van der Waals surface area (Å²) in [6, 6.07) is 6.80. The number of amides is 2. The molecule has 2 N–H and O–H groups in total. The number of likely N-dealkylation sites (N-methyl/N-ethyl adjacent to an activating group) is 1. The number of ether oxygens (including phenoxy) is 1. The van der Waals surface area contributed by atoms with Crippen LogP contribution in [-0.2, 0) is 9.59 Å². The zero-order chi connectivity index (χ0) is 21.4. The molecule has 1 aromatic heterocycles. The Labute approximate surface area is 172 Å². The fourth-order valence-electron chi connectivity index (χ4n) is 1.95. The van der Waals surface area contributed by atoms with E-state index in [0.717, 1.165) is 23.1 Å². The minimum absolute atomic E-state index is 0.0169. The average molecular weight is 449 g/mol. The molecule has 29 heavy (non-hydrogen) atoms. The fourth-order valence-corrected chi connectivity index (χ4v) is 3.64. The van der Waals surface area contributed by atoms with Crippen LogP contribution in [0.15, 0.2) is 28.6 Å². The summed E-state index contributed by atoms with van der Waals surface area (Å²) in [5.74, 6) is -0.161. The number of rotatable bonds is 9. The molecule has 0 aliphatic heterocycles. The van der Waals surface area contributed by atoms with Crippen LogP contribution >= 0.6 is 23.1 Å². The molecule has 0 spiro atoms. The van der Waals surface area contributed by atoms with Crippen LogP contribution in [0.5, 0.6) is 5.75 Å². The summed E-state index contributed by atoms with van der Waals surface area (Å²) in [6.45, 7) is -1.37. The van der Waals surface area contributed by atoms with Crippen LogP contribution in [0.4, 0.5) is 24.0 Å². The number of carbonyl (C=O) groups excluding carboxylic acids is 2. The normalized spacial score (nSPS) is 11.1. The predicted molar refractivity (Wildman–Crippen MR) is 104 cm³/mol. The highest BCUT2D eigenvalue weighted by Crippen LogP contribution is 2.26. The third-order valence-electron chi connectivity index (χ3n) is 3.33. The summed E-state index contributed by atoms with van der Waals surface area (Å²) in [4.78, 5) is 25.5. The Kier molecular flexibility index (Phi) is 8.08. The Morgan fingerprint density at radius 1 is 1.31 bits per heavy atom. The van der Waals surface area contributed by atoms with Gasteiger partial charge in [0.2, 0.25) is 16.9 Å². The molecule has 13 heteroatoms. The van der Waals surface area contributed by atoms with Crippen molar-refractivity contribution in [3.63, 3.8) is 0 Å². The van der Waals surface area contributed by atoms with Gasteiger partial charge < -0.3 is 20.3 Å². The summed E-state index contributed by atoms with van der Waals surface area (Å²) in [5, 5.41) is 12.1. The number of nitrogens with zero attached hydrogens (tertiary/aromatic N) is 3. The summed E-state index contributed by atoms with van der Waals surface area (Å²) in [5.41, 5.74) is 0.539. The van der Waals surface area contributed by atoms with Gasteiger partial charge in [-0.05, 0) is 12.1 Å². The Morgan fingerprint density at radius 2 is 2.07 bits per heavy atom. The van der Waals surface area contributed by atoms with Gasteiger partial charge in [0, 0.05) is 18.8 Å². The van der Waals surface area contributed by atoms with Gasteiger partial charge in [-0.3, -0.25) is 9.59 Å². The Morgan fingerprint density at radius 3 is 2.76 bits per heavy atom. The lowest BCUT2D eigenvalue weighted by atomic mass is 10.3. The Hall–Kier alpha value is -2.54. The molecule has 2 aromatic rings. The highest BCUT2D eigenvalue weighted by atomic mass is 32.2. The van der Waals surface area contributed by atoms with Crippen LogP contribution in [-0.4, -0.2) is 66.1 Å². The first-order valence-electron chi connectivity index (χ1n) is 8.11. The molecule has 0 atom stereocenters. The van der Waals surface area contributed by atoms with Gasteiger partial charge in [-0.1, -0.05) is 29.2 Å². The smallest absolute Gasteiger partial charge is 0.405 e. The first-order chi connectivity index (χ1) is 13.7. The van der Waals surface area contributed by atoms with E-state index in [1.807, 2.05) is 0 Å². The second-order valence-corrected chi connectivity index (χ2v) is 7.86. The van der Waals surface area contributed by atoms with Crippen LogP contribution in [0.2, 0.25) is 0 Å². The molecule has 0 saturated carbocycles. The van der Waals surface area contributed by atoms with Crippen molar-refractivity contribution >= 4 is 45.7 Å². The molecule has 8 nitrogen and oxygen atoms in total. The summed E-state index contributed by atoms with van der Waals surface area (Å²) >= 11 is 1.95. The average Bonchev–Trinajstić information content (AvgIpc) is 3.12. The van der Waals surface area contributed by atoms with Crippen molar-refractivity contribution in [3.05, 3.63) is 24.3 Å². The standard InChI is InChI=1S/C16H18F3N5O3S2/c1-24(7-12(25)21-10-4-3-5-11(6-10)27-2)13(26)8-28-15-23-22-14(29-15)20-9-16(17,18)19/h3-6H,7-9H2,1-2H3,(H,20,22)(H,21,25). The zero-order valence-corrected chi connectivity index (χ0v) is 17.1. The number of carbonyl (C=O) groups is 2. The minimum Gasteiger partial charge on any atom is -0.497 e. The number of alkyl halides is 3. The van der Waals surface area contributed by atoms with Gasteiger partial charge in [-0.25, -0.2) is 0 Å². The van der Waals surface area contributed by atoms with Crippen LogP contribution in [0.3, 0.4) is 0 Å². The van der Waals surface area contributed by atoms with E-state index >= 15 is 0 Å². The van der Waals surface area contributed by atoms with Gasteiger partial charge in [0.15, 0.2) is 4.34 Å². The highest BCUT2D eigenvalue weighted by molar-refractivity contribution is 8.01. The van der Waals surface area contributed by atoms with Crippen LogP contribution < -0.4 is 15.4 Å². The highest BCUT2D eigenvalue weighted by Gasteiger charge is 2.27. The van der Waals surface area contributed by atoms with E-state index in [4.69, 9.17) is 4.74 Å². The van der Waals surface area contributed by atoms with Crippen LogP contribution in [0, 0.1) is 0 Å². The maximum atomic E-state index is 12.2. The number of methoxy groups -OCH3 is 1. The number of halogens is 3. The number of nitrogens with one attached hydrogen (secondary N) is 2. The van der Waals surface area contributed by atoms with Crippen LogP contribution in [0.1, 0.15) is 0 Å². The molecule has 1 aromatic carbocycles. The number of hydrogen-bond acceptors (Lipinski definition) is 8. The maximum Gasteiger partial charge on any atom is 0.405 e. The largest absolute Gasteiger partial charge is 0.497 e. The van der Waals surface area contributed by atoms with E-state index in [9.17, 15) is 22.8 Å². The number of anilines is 2. The topological polar surface area (TPSA) is 96.5 Å². The van der Waals surface area contributed by atoms with Crippen molar-refractivity contribution in [1.29, 1.82) is 0 Å². The quantitative estimate of drug-likeness (QED) is 0.568. The van der Waals surface area contributed by atoms with E-state index in [1.165, 1.54) is 19.1 Å². The molecule has 0 unspecified atom stereocenters. The molecule has 1 heterocycles. The molecule has 0 radical (unpaired) electrons. The molecule has 2 rings (SSSR count). The SMILES string of the molecule is COc1cccc(NC(=O)CN(C)C(=O)CSc2nnc(NCC(F)(F)F)s2)c1. The maximum absolute atomic E-state index is 12.2. The second kappa shape index (κ2) is 10.3. The lowest BCUT2D eigenvalue weighted by Crippen LogP contribution is -2.35. The lowest BCUT2D eigenvalue weighted by molar-refractivity contribution is -0.131. The van der Waals surface area contributed by atoms with Crippen molar-refractivity contribution in [2.24, 2.45) is 0 Å². The van der Waals surface area contributed by atoms with E-state index in [2.05, 4.69) is 20.8 Å². The molecule has 158 valence electrons. The zero-order valence-electron chi connectivity index (χ0n) is 15.4. The first kappa shape index (κ1) is 22.7. The van der Waals surface area contributed by atoms with Gasteiger partial charge in [0.1, 0.15) is 12.3 Å². The third-order valence-corrected chi connectivity index (χ3v) is 5.32. The fraction of sp³-hybridized carbons (Fsp3) is 0.375. The first-order valence-corrected chi connectivity index (χ1v) is 9.91. The van der Waals surface area contributed by atoms with Crippen molar-refractivity contribution in [3.8, 4) is 5.75 Å². The van der Waals surface area contributed by atoms with E-state index in [0.29, 0.717) is 15.8 Å². The number of hydrogen-bond donors (Lipinski definition) is 2. The van der Waals surface area contributed by atoms with Crippen molar-refractivity contribution in [1.82, 2.24) is 15.1 Å². The molecule has 0 fully saturated rings. The van der Waals surface area contributed by atoms with Gasteiger partial charge >= 0.3 is 6.18 Å².